The third kappa shape index (κ3) is 4.40. The first kappa shape index (κ1) is 21.6. The Morgan fingerprint density at radius 3 is 1.26 bits per heavy atom. The third-order valence-corrected chi connectivity index (χ3v) is 7.53. The van der Waals surface area contributed by atoms with Gasteiger partial charge in [0.2, 0.25) is 9.84 Å². The molecule has 0 bridgehead atoms. The van der Waals surface area contributed by atoms with E-state index in [2.05, 4.69) is 0 Å². The number of rotatable bonds is 4. The first-order chi connectivity index (χ1) is 14.8. The van der Waals surface area contributed by atoms with Crippen LogP contribution in [0.1, 0.15) is 11.1 Å². The molecule has 0 radical (unpaired) electrons. The number of aryl methyl sites for hydroxylation is 2. The molecule has 4 aromatic rings. The summed E-state index contributed by atoms with van der Waals surface area (Å²) in [7, 11) is -3.82. The van der Waals surface area contributed by atoms with Crippen molar-refractivity contribution in [1.82, 2.24) is 0 Å². The molecule has 0 fully saturated rings. The molecule has 2 nitrogen and oxygen atoms in total. The molecule has 0 spiro atoms. The van der Waals surface area contributed by atoms with E-state index >= 15 is 0 Å². The monoisotopic (exact) mass is 466 g/mol. The van der Waals surface area contributed by atoms with Crippen molar-refractivity contribution in [3.05, 3.63) is 106 Å². The molecule has 156 valence electrons. The van der Waals surface area contributed by atoms with Crippen molar-refractivity contribution in [1.29, 1.82) is 0 Å². The summed E-state index contributed by atoms with van der Waals surface area (Å²) >= 11 is 12.1. The van der Waals surface area contributed by atoms with Gasteiger partial charge >= 0.3 is 0 Å². The average molecular weight is 467 g/mol. The van der Waals surface area contributed by atoms with E-state index in [1.54, 1.807) is 36.4 Å². The van der Waals surface area contributed by atoms with Crippen molar-refractivity contribution in [2.45, 2.75) is 23.6 Å². The normalized spacial score (nSPS) is 11.5. The van der Waals surface area contributed by atoms with Gasteiger partial charge in [-0.3, -0.25) is 0 Å². The summed E-state index contributed by atoms with van der Waals surface area (Å²) in [5.41, 5.74) is 4.86. The highest BCUT2D eigenvalue weighted by Gasteiger charge is 2.25. The Hall–Kier alpha value is -2.59. The van der Waals surface area contributed by atoms with Gasteiger partial charge in [0.1, 0.15) is 0 Å². The lowest BCUT2D eigenvalue weighted by molar-refractivity contribution is 0.596. The van der Waals surface area contributed by atoms with Crippen LogP contribution in [0.3, 0.4) is 0 Å². The smallest absolute Gasteiger partial charge is 0.207 e. The summed E-state index contributed by atoms with van der Waals surface area (Å²) in [5, 5.41) is 1.20. The Morgan fingerprint density at radius 1 is 0.548 bits per heavy atom. The molecular formula is C26H20Cl2O2S. The Kier molecular flexibility index (Phi) is 5.94. The van der Waals surface area contributed by atoms with Gasteiger partial charge in [-0.1, -0.05) is 82.9 Å². The average Bonchev–Trinajstić information content (AvgIpc) is 2.74. The summed E-state index contributed by atoms with van der Waals surface area (Å²) in [4.78, 5) is 0.527. The molecule has 0 aliphatic rings. The van der Waals surface area contributed by atoms with Gasteiger partial charge in [0.05, 0.1) is 9.79 Å². The van der Waals surface area contributed by atoms with Gasteiger partial charge < -0.3 is 0 Å². The molecule has 0 atom stereocenters. The minimum atomic E-state index is -3.82. The highest BCUT2D eigenvalue weighted by molar-refractivity contribution is 7.91. The number of hydrogen-bond acceptors (Lipinski definition) is 2. The standard InChI is InChI=1S/C26H20Cl2O2S/c1-17-3-13-25(23(15-17)19-5-9-21(27)10-6-19)31(29,30)26-14-4-18(2)16-24(26)20-7-11-22(28)12-8-20/h3-16H,1-2H3. The molecular weight excluding hydrogens is 447 g/mol. The first-order valence-corrected chi connectivity index (χ1v) is 12.0. The van der Waals surface area contributed by atoms with E-state index in [1.807, 2.05) is 62.4 Å². The number of hydrogen-bond donors (Lipinski definition) is 0. The SMILES string of the molecule is Cc1ccc(S(=O)(=O)c2ccc(C)cc2-c2ccc(Cl)cc2)c(-c2ccc(Cl)cc2)c1. The number of benzene rings is 4. The van der Waals surface area contributed by atoms with Gasteiger partial charge in [0.25, 0.3) is 0 Å². The maximum atomic E-state index is 13.9. The molecule has 4 rings (SSSR count). The second-order valence-corrected chi connectivity index (χ2v) is 10.3. The van der Waals surface area contributed by atoms with Gasteiger partial charge in [-0.05, 0) is 61.4 Å². The molecule has 0 saturated heterocycles. The molecule has 0 N–H and O–H groups in total. The van der Waals surface area contributed by atoms with Crippen LogP contribution in [0.4, 0.5) is 0 Å². The van der Waals surface area contributed by atoms with E-state index in [-0.39, 0.29) is 9.79 Å². The maximum Gasteiger partial charge on any atom is 0.207 e. The Bertz CT molecular complexity index is 1260. The molecule has 0 aromatic heterocycles. The van der Waals surface area contributed by atoms with Crippen LogP contribution in [-0.2, 0) is 9.84 Å². The van der Waals surface area contributed by atoms with Crippen molar-refractivity contribution in [3.8, 4) is 22.3 Å². The lowest BCUT2D eigenvalue weighted by Crippen LogP contribution is -2.06. The van der Waals surface area contributed by atoms with E-state index in [9.17, 15) is 8.42 Å². The summed E-state index contributed by atoms with van der Waals surface area (Å²) in [6.07, 6.45) is 0. The van der Waals surface area contributed by atoms with Crippen LogP contribution < -0.4 is 0 Å². The van der Waals surface area contributed by atoms with Crippen LogP contribution in [0.2, 0.25) is 10.0 Å². The maximum absolute atomic E-state index is 13.9. The Morgan fingerprint density at radius 2 is 0.903 bits per heavy atom. The number of halogens is 2. The van der Waals surface area contributed by atoms with Crippen molar-refractivity contribution >= 4 is 33.0 Å². The highest BCUT2D eigenvalue weighted by atomic mass is 35.5. The molecule has 5 heteroatoms. The van der Waals surface area contributed by atoms with Gasteiger partial charge in [-0.15, -0.1) is 0 Å². The minimum Gasteiger partial charge on any atom is -0.218 e. The molecule has 0 unspecified atom stereocenters. The summed E-state index contributed by atoms with van der Waals surface area (Å²) in [6, 6.07) is 25.2. The fourth-order valence-corrected chi connectivity index (χ4v) is 5.50. The number of sulfone groups is 1. The van der Waals surface area contributed by atoms with Crippen LogP contribution in [-0.4, -0.2) is 8.42 Å². The second kappa shape index (κ2) is 8.51. The van der Waals surface area contributed by atoms with Crippen LogP contribution >= 0.6 is 23.2 Å². The molecule has 0 aliphatic carbocycles. The molecule has 0 aliphatic heterocycles. The van der Waals surface area contributed by atoms with Crippen LogP contribution in [0.5, 0.6) is 0 Å². The zero-order valence-corrected chi connectivity index (χ0v) is 19.4. The fourth-order valence-electron chi connectivity index (χ4n) is 3.58. The van der Waals surface area contributed by atoms with E-state index in [1.165, 1.54) is 0 Å². The van der Waals surface area contributed by atoms with E-state index in [0.717, 1.165) is 22.3 Å². The van der Waals surface area contributed by atoms with Gasteiger partial charge in [-0.25, -0.2) is 8.42 Å². The molecule has 0 heterocycles. The van der Waals surface area contributed by atoms with E-state index in [0.29, 0.717) is 21.2 Å². The van der Waals surface area contributed by atoms with Crippen molar-refractivity contribution in [2.24, 2.45) is 0 Å². The third-order valence-electron chi connectivity index (χ3n) is 5.16. The molecule has 31 heavy (non-hydrogen) atoms. The van der Waals surface area contributed by atoms with Gasteiger partial charge in [0, 0.05) is 21.2 Å². The minimum absolute atomic E-state index is 0.263. The predicted molar refractivity (Wildman–Crippen MR) is 129 cm³/mol. The van der Waals surface area contributed by atoms with Crippen LogP contribution in [0.25, 0.3) is 22.3 Å². The Balaban J connectivity index is 1.95. The van der Waals surface area contributed by atoms with Gasteiger partial charge in [0.15, 0.2) is 0 Å². The lowest BCUT2D eigenvalue weighted by Gasteiger charge is -2.16. The Labute approximate surface area is 193 Å². The van der Waals surface area contributed by atoms with E-state index < -0.39 is 9.84 Å². The zero-order valence-electron chi connectivity index (χ0n) is 17.1. The molecule has 0 saturated carbocycles. The topological polar surface area (TPSA) is 34.1 Å². The summed E-state index contributed by atoms with van der Waals surface area (Å²) < 4.78 is 27.9. The van der Waals surface area contributed by atoms with E-state index in [4.69, 9.17) is 23.2 Å². The summed E-state index contributed by atoms with van der Waals surface area (Å²) in [5.74, 6) is 0. The zero-order chi connectivity index (χ0) is 22.2. The summed E-state index contributed by atoms with van der Waals surface area (Å²) in [6.45, 7) is 3.89. The molecule has 0 amide bonds. The predicted octanol–water partition coefficient (Wildman–Crippen LogP) is 7.78. The van der Waals surface area contributed by atoms with Gasteiger partial charge in [-0.2, -0.15) is 0 Å². The quantitative estimate of drug-likeness (QED) is 0.307. The van der Waals surface area contributed by atoms with Crippen molar-refractivity contribution < 1.29 is 8.42 Å². The highest BCUT2D eigenvalue weighted by Crippen LogP contribution is 2.37. The molecule has 4 aromatic carbocycles. The first-order valence-electron chi connectivity index (χ1n) is 9.74. The second-order valence-electron chi connectivity index (χ2n) is 7.52. The van der Waals surface area contributed by atoms with Crippen LogP contribution in [0.15, 0.2) is 94.7 Å². The van der Waals surface area contributed by atoms with Crippen molar-refractivity contribution in [3.63, 3.8) is 0 Å². The van der Waals surface area contributed by atoms with Crippen LogP contribution in [0, 0.1) is 13.8 Å². The van der Waals surface area contributed by atoms with Crippen molar-refractivity contribution in [2.75, 3.05) is 0 Å². The lowest BCUT2D eigenvalue weighted by atomic mass is 10.0. The largest absolute Gasteiger partial charge is 0.218 e. The fraction of sp³-hybridized carbons (Fsp3) is 0.0769.